The molecule has 124 valence electrons. The summed E-state index contributed by atoms with van der Waals surface area (Å²) >= 11 is 3.58. The average molecular weight is 389 g/mol. The number of benzene rings is 2. The molecule has 0 radical (unpaired) electrons. The normalized spacial score (nSPS) is 10.5. The maximum absolute atomic E-state index is 6.03. The van der Waals surface area contributed by atoms with Gasteiger partial charge in [0.25, 0.3) is 0 Å². The highest BCUT2D eigenvalue weighted by Gasteiger charge is 2.21. The Labute approximate surface area is 149 Å². The molecule has 5 heteroatoms. The zero-order chi connectivity index (χ0) is 17.1. The van der Waals surface area contributed by atoms with Gasteiger partial charge in [-0.25, -0.2) is 0 Å². The first-order valence-corrected chi connectivity index (χ1v) is 8.13. The van der Waals surface area contributed by atoms with E-state index in [9.17, 15) is 0 Å². The average Bonchev–Trinajstić information content (AvgIpc) is 3.11. The Balaban J connectivity index is 2.12. The predicted molar refractivity (Wildman–Crippen MR) is 96.9 cm³/mol. The van der Waals surface area contributed by atoms with E-state index in [2.05, 4.69) is 15.9 Å². The molecule has 3 rings (SSSR count). The molecule has 24 heavy (non-hydrogen) atoms. The van der Waals surface area contributed by atoms with Crippen molar-refractivity contribution in [2.45, 2.75) is 0 Å². The number of rotatable bonds is 5. The van der Waals surface area contributed by atoms with Crippen molar-refractivity contribution in [3.05, 3.63) is 53.0 Å². The van der Waals surface area contributed by atoms with E-state index in [1.165, 1.54) is 0 Å². The summed E-state index contributed by atoms with van der Waals surface area (Å²) in [4.78, 5) is 0. The standard InChI is InChI=1S/C19H17BrO4/c1-21-16-11-13(17(20)19(23-3)18(16)22-2)15-10-9-14(24-15)12-7-5-4-6-8-12/h4-11H,1-3H3. The third kappa shape index (κ3) is 2.87. The van der Waals surface area contributed by atoms with Crippen LogP contribution in [0, 0.1) is 0 Å². The van der Waals surface area contributed by atoms with Crippen LogP contribution in [0.2, 0.25) is 0 Å². The summed E-state index contributed by atoms with van der Waals surface area (Å²) in [7, 11) is 4.75. The third-order valence-corrected chi connectivity index (χ3v) is 4.49. The fourth-order valence-corrected chi connectivity index (χ4v) is 3.19. The van der Waals surface area contributed by atoms with Gasteiger partial charge in [-0.15, -0.1) is 0 Å². The number of hydrogen-bond acceptors (Lipinski definition) is 4. The summed E-state index contributed by atoms with van der Waals surface area (Å²) < 4.78 is 23.1. The van der Waals surface area contributed by atoms with Gasteiger partial charge >= 0.3 is 0 Å². The minimum atomic E-state index is 0.533. The van der Waals surface area contributed by atoms with Crippen LogP contribution in [-0.4, -0.2) is 21.3 Å². The van der Waals surface area contributed by atoms with Crippen molar-refractivity contribution >= 4 is 15.9 Å². The Bertz CT molecular complexity index is 840. The zero-order valence-corrected chi connectivity index (χ0v) is 15.2. The molecule has 0 saturated carbocycles. The van der Waals surface area contributed by atoms with Gasteiger partial charge in [-0.3, -0.25) is 0 Å². The van der Waals surface area contributed by atoms with Crippen molar-refractivity contribution in [2.75, 3.05) is 21.3 Å². The van der Waals surface area contributed by atoms with Gasteiger partial charge in [-0.1, -0.05) is 30.3 Å². The molecule has 2 aromatic carbocycles. The molecule has 0 amide bonds. The van der Waals surface area contributed by atoms with Crippen molar-refractivity contribution in [3.63, 3.8) is 0 Å². The van der Waals surface area contributed by atoms with Gasteiger partial charge in [0.2, 0.25) is 5.75 Å². The summed E-state index contributed by atoms with van der Waals surface area (Å²) in [6.07, 6.45) is 0. The number of ether oxygens (including phenoxy) is 3. The van der Waals surface area contributed by atoms with Crippen molar-refractivity contribution in [1.82, 2.24) is 0 Å². The second-order valence-corrected chi connectivity index (χ2v) is 5.83. The molecule has 0 spiro atoms. The number of halogens is 1. The van der Waals surface area contributed by atoms with Crippen molar-refractivity contribution in [3.8, 4) is 39.9 Å². The minimum Gasteiger partial charge on any atom is -0.493 e. The van der Waals surface area contributed by atoms with E-state index in [-0.39, 0.29) is 0 Å². The van der Waals surface area contributed by atoms with Crippen LogP contribution in [0.1, 0.15) is 0 Å². The van der Waals surface area contributed by atoms with Crippen molar-refractivity contribution in [1.29, 1.82) is 0 Å². The van der Waals surface area contributed by atoms with Crippen LogP contribution in [0.25, 0.3) is 22.6 Å². The maximum Gasteiger partial charge on any atom is 0.204 e. The zero-order valence-electron chi connectivity index (χ0n) is 13.6. The molecule has 1 aromatic heterocycles. The molecule has 0 aliphatic heterocycles. The molecule has 0 N–H and O–H groups in total. The molecule has 0 bridgehead atoms. The lowest BCUT2D eigenvalue weighted by Crippen LogP contribution is -1.97. The first-order valence-electron chi connectivity index (χ1n) is 7.33. The van der Waals surface area contributed by atoms with Gasteiger partial charge in [0.15, 0.2) is 11.5 Å². The molecule has 3 aromatic rings. The van der Waals surface area contributed by atoms with Crippen LogP contribution in [0.15, 0.2) is 57.4 Å². The maximum atomic E-state index is 6.03. The second kappa shape index (κ2) is 7.01. The van der Waals surface area contributed by atoms with E-state index >= 15 is 0 Å². The predicted octanol–water partition coefficient (Wildman–Crippen LogP) is 5.40. The van der Waals surface area contributed by atoms with E-state index in [4.69, 9.17) is 18.6 Å². The highest BCUT2D eigenvalue weighted by Crippen LogP contribution is 2.48. The Hall–Kier alpha value is -2.40. The summed E-state index contributed by atoms with van der Waals surface area (Å²) in [6, 6.07) is 15.7. The summed E-state index contributed by atoms with van der Waals surface area (Å²) in [5.41, 5.74) is 1.85. The smallest absolute Gasteiger partial charge is 0.204 e. The Kier molecular flexibility index (Phi) is 4.81. The number of methoxy groups -OCH3 is 3. The molecular weight excluding hydrogens is 372 g/mol. The van der Waals surface area contributed by atoms with Gasteiger partial charge in [0, 0.05) is 11.1 Å². The van der Waals surface area contributed by atoms with Gasteiger partial charge in [-0.2, -0.15) is 0 Å². The summed E-state index contributed by atoms with van der Waals surface area (Å²) in [5.74, 6) is 3.17. The monoisotopic (exact) mass is 388 g/mol. The highest BCUT2D eigenvalue weighted by molar-refractivity contribution is 9.10. The molecule has 4 nitrogen and oxygen atoms in total. The quantitative estimate of drug-likeness (QED) is 0.586. The lowest BCUT2D eigenvalue weighted by Gasteiger charge is -2.15. The first kappa shape index (κ1) is 16.5. The summed E-state index contributed by atoms with van der Waals surface area (Å²) in [5, 5.41) is 0. The van der Waals surface area contributed by atoms with Crippen LogP contribution in [0.4, 0.5) is 0 Å². The molecule has 0 fully saturated rings. The Morgan fingerprint density at radius 1 is 0.792 bits per heavy atom. The van der Waals surface area contributed by atoms with E-state index in [1.807, 2.05) is 48.5 Å². The number of furan rings is 1. The SMILES string of the molecule is COc1cc(-c2ccc(-c3ccccc3)o2)c(Br)c(OC)c1OC. The van der Waals surface area contributed by atoms with Crippen LogP contribution in [-0.2, 0) is 0 Å². The first-order chi connectivity index (χ1) is 11.7. The Morgan fingerprint density at radius 2 is 1.46 bits per heavy atom. The van der Waals surface area contributed by atoms with Gasteiger partial charge < -0.3 is 18.6 Å². The lowest BCUT2D eigenvalue weighted by molar-refractivity contribution is 0.323. The molecule has 1 heterocycles. The minimum absolute atomic E-state index is 0.533. The molecule has 0 aliphatic rings. The fourth-order valence-electron chi connectivity index (χ4n) is 2.54. The highest BCUT2D eigenvalue weighted by atomic mass is 79.9. The van der Waals surface area contributed by atoms with Crippen LogP contribution in [0.3, 0.4) is 0 Å². The third-order valence-electron chi connectivity index (χ3n) is 3.70. The molecule has 0 atom stereocenters. The Morgan fingerprint density at radius 3 is 2.08 bits per heavy atom. The van der Waals surface area contributed by atoms with Crippen LogP contribution < -0.4 is 14.2 Å². The van der Waals surface area contributed by atoms with Gasteiger partial charge in [0.05, 0.1) is 25.8 Å². The largest absolute Gasteiger partial charge is 0.493 e. The van der Waals surface area contributed by atoms with Gasteiger partial charge in [-0.05, 0) is 34.1 Å². The number of hydrogen-bond donors (Lipinski definition) is 0. The van der Waals surface area contributed by atoms with Crippen molar-refractivity contribution < 1.29 is 18.6 Å². The van der Waals surface area contributed by atoms with E-state index < -0.39 is 0 Å². The van der Waals surface area contributed by atoms with E-state index in [0.29, 0.717) is 23.0 Å². The molecule has 0 unspecified atom stereocenters. The topological polar surface area (TPSA) is 40.8 Å². The van der Waals surface area contributed by atoms with Crippen LogP contribution >= 0.6 is 15.9 Å². The van der Waals surface area contributed by atoms with Crippen LogP contribution in [0.5, 0.6) is 17.2 Å². The van der Waals surface area contributed by atoms with Crippen molar-refractivity contribution in [2.24, 2.45) is 0 Å². The molecular formula is C19H17BrO4. The van der Waals surface area contributed by atoms with E-state index in [0.717, 1.165) is 21.4 Å². The summed E-state index contributed by atoms with van der Waals surface area (Å²) in [6.45, 7) is 0. The van der Waals surface area contributed by atoms with Gasteiger partial charge in [0.1, 0.15) is 11.5 Å². The lowest BCUT2D eigenvalue weighted by atomic mass is 10.1. The molecule has 0 saturated heterocycles. The fraction of sp³-hybridized carbons (Fsp3) is 0.158. The second-order valence-electron chi connectivity index (χ2n) is 5.04. The molecule has 0 aliphatic carbocycles. The van der Waals surface area contributed by atoms with E-state index in [1.54, 1.807) is 21.3 Å².